The van der Waals surface area contributed by atoms with E-state index < -0.39 is 0 Å². The first-order chi connectivity index (χ1) is 8.86. The zero-order chi connectivity index (χ0) is 13.8. The molecule has 0 aliphatic heterocycles. The molecule has 4 rings (SSSR count). The highest BCUT2D eigenvalue weighted by Crippen LogP contribution is 2.60. The van der Waals surface area contributed by atoms with Crippen LogP contribution in [0.5, 0.6) is 0 Å². The quantitative estimate of drug-likeness (QED) is 0.851. The van der Waals surface area contributed by atoms with Crippen LogP contribution in [0.4, 0.5) is 0 Å². The summed E-state index contributed by atoms with van der Waals surface area (Å²) in [4.78, 5) is 15.0. The molecular formula is C16H28N2O. The molecule has 2 N–H and O–H groups in total. The van der Waals surface area contributed by atoms with Crippen LogP contribution in [0.3, 0.4) is 0 Å². The summed E-state index contributed by atoms with van der Waals surface area (Å²) in [6.45, 7) is 4.68. The molecule has 3 nitrogen and oxygen atoms in total. The molecule has 108 valence electrons. The zero-order valence-corrected chi connectivity index (χ0v) is 12.6. The average molecular weight is 264 g/mol. The summed E-state index contributed by atoms with van der Waals surface area (Å²) in [5, 5.41) is 0. The van der Waals surface area contributed by atoms with Gasteiger partial charge in [-0.15, -0.1) is 0 Å². The first kappa shape index (κ1) is 13.4. The van der Waals surface area contributed by atoms with E-state index in [-0.39, 0.29) is 11.0 Å². The van der Waals surface area contributed by atoms with E-state index in [0.717, 1.165) is 37.0 Å². The Morgan fingerprint density at radius 1 is 1.16 bits per heavy atom. The third-order valence-electron chi connectivity index (χ3n) is 6.20. The largest absolute Gasteiger partial charge is 0.339 e. The number of carbonyl (C=O) groups excluding carboxylic acids is 1. The van der Waals surface area contributed by atoms with Gasteiger partial charge in [0.2, 0.25) is 5.91 Å². The number of likely N-dealkylation sites (N-methyl/N-ethyl adjacent to an activating group) is 1. The van der Waals surface area contributed by atoms with Gasteiger partial charge in [-0.25, -0.2) is 0 Å². The molecule has 0 aromatic heterocycles. The summed E-state index contributed by atoms with van der Waals surface area (Å²) >= 11 is 0. The van der Waals surface area contributed by atoms with Crippen molar-refractivity contribution in [3.8, 4) is 0 Å². The molecule has 4 fully saturated rings. The van der Waals surface area contributed by atoms with Gasteiger partial charge in [-0.05, 0) is 70.1 Å². The molecule has 4 aliphatic carbocycles. The zero-order valence-electron chi connectivity index (χ0n) is 12.6. The minimum absolute atomic E-state index is 0.0318. The van der Waals surface area contributed by atoms with Crippen LogP contribution in [0.15, 0.2) is 0 Å². The molecule has 1 amide bonds. The van der Waals surface area contributed by atoms with Crippen LogP contribution >= 0.6 is 0 Å². The van der Waals surface area contributed by atoms with Crippen molar-refractivity contribution < 1.29 is 4.79 Å². The second-order valence-corrected chi connectivity index (χ2v) is 8.08. The second-order valence-electron chi connectivity index (χ2n) is 8.08. The van der Waals surface area contributed by atoms with E-state index in [1.807, 2.05) is 11.9 Å². The van der Waals surface area contributed by atoms with E-state index in [1.165, 1.54) is 19.3 Å². The van der Waals surface area contributed by atoms with E-state index in [2.05, 4.69) is 13.8 Å². The van der Waals surface area contributed by atoms with E-state index in [9.17, 15) is 4.79 Å². The van der Waals surface area contributed by atoms with E-state index in [0.29, 0.717) is 12.5 Å². The fourth-order valence-corrected chi connectivity index (χ4v) is 5.14. The average Bonchev–Trinajstić information content (AvgIpc) is 2.35. The summed E-state index contributed by atoms with van der Waals surface area (Å²) in [5.41, 5.74) is 5.59. The van der Waals surface area contributed by atoms with E-state index >= 15 is 0 Å². The number of nitrogens with two attached hydrogens (primary N) is 1. The van der Waals surface area contributed by atoms with Gasteiger partial charge < -0.3 is 10.6 Å². The van der Waals surface area contributed by atoms with Gasteiger partial charge >= 0.3 is 0 Å². The maximum absolute atomic E-state index is 13.1. The highest BCUT2D eigenvalue weighted by Gasteiger charge is 2.56. The third-order valence-corrected chi connectivity index (χ3v) is 6.20. The number of hydrogen-bond acceptors (Lipinski definition) is 2. The summed E-state index contributed by atoms with van der Waals surface area (Å²) in [6, 6.07) is 0. The van der Waals surface area contributed by atoms with Crippen molar-refractivity contribution in [3.63, 3.8) is 0 Å². The van der Waals surface area contributed by atoms with Gasteiger partial charge in [0, 0.05) is 19.1 Å². The van der Waals surface area contributed by atoms with Crippen molar-refractivity contribution >= 4 is 5.91 Å². The Kier molecular flexibility index (Phi) is 2.97. The van der Waals surface area contributed by atoms with Crippen LogP contribution in [0.2, 0.25) is 0 Å². The van der Waals surface area contributed by atoms with Crippen molar-refractivity contribution in [1.82, 2.24) is 4.90 Å². The standard InChI is InChI=1S/C16H28N2O/c1-15(2,10-17)18(3)14(19)16-7-11-4-12(8-16)6-13(5-11)9-16/h11-13H,4-10,17H2,1-3H3. The molecule has 4 saturated carbocycles. The molecule has 3 heteroatoms. The molecule has 0 radical (unpaired) electrons. The molecule has 4 aliphatic rings. The first-order valence-electron chi connectivity index (χ1n) is 7.85. The number of carbonyl (C=O) groups is 1. The summed E-state index contributed by atoms with van der Waals surface area (Å²) in [6.07, 6.45) is 7.58. The van der Waals surface area contributed by atoms with Gasteiger partial charge in [0.15, 0.2) is 0 Å². The maximum atomic E-state index is 13.1. The monoisotopic (exact) mass is 264 g/mol. The predicted molar refractivity (Wildman–Crippen MR) is 76.5 cm³/mol. The van der Waals surface area contributed by atoms with Gasteiger partial charge in [-0.3, -0.25) is 4.79 Å². The van der Waals surface area contributed by atoms with Crippen molar-refractivity contribution in [2.24, 2.45) is 28.9 Å². The number of hydrogen-bond donors (Lipinski definition) is 1. The van der Waals surface area contributed by atoms with Crippen LogP contribution in [-0.2, 0) is 4.79 Å². The van der Waals surface area contributed by atoms with Crippen molar-refractivity contribution in [1.29, 1.82) is 0 Å². The number of amides is 1. The molecule has 19 heavy (non-hydrogen) atoms. The Bertz CT molecular complexity index is 353. The van der Waals surface area contributed by atoms with Crippen LogP contribution in [0.25, 0.3) is 0 Å². The van der Waals surface area contributed by atoms with Gasteiger partial charge in [-0.1, -0.05) is 0 Å². The van der Waals surface area contributed by atoms with Crippen LogP contribution in [-0.4, -0.2) is 29.9 Å². The summed E-state index contributed by atoms with van der Waals surface area (Å²) < 4.78 is 0. The number of rotatable bonds is 3. The minimum atomic E-state index is -0.222. The lowest BCUT2D eigenvalue weighted by Crippen LogP contribution is -2.59. The molecule has 0 saturated heterocycles. The van der Waals surface area contributed by atoms with Gasteiger partial charge in [-0.2, -0.15) is 0 Å². The highest BCUT2D eigenvalue weighted by atomic mass is 16.2. The summed E-state index contributed by atoms with van der Waals surface area (Å²) in [7, 11) is 1.95. The smallest absolute Gasteiger partial charge is 0.229 e. The van der Waals surface area contributed by atoms with Gasteiger partial charge in [0.05, 0.1) is 5.41 Å². The van der Waals surface area contributed by atoms with Crippen molar-refractivity contribution in [2.45, 2.75) is 57.9 Å². The Morgan fingerprint density at radius 3 is 1.95 bits per heavy atom. The lowest BCUT2D eigenvalue weighted by atomic mass is 9.49. The SMILES string of the molecule is CN(C(=O)C12CC3CC(CC(C3)C1)C2)C(C)(C)CN. The van der Waals surface area contributed by atoms with Crippen LogP contribution in [0.1, 0.15) is 52.4 Å². The molecule has 0 unspecified atom stereocenters. The predicted octanol–water partition coefficient (Wildman–Crippen LogP) is 2.40. The Hall–Kier alpha value is -0.570. The minimum Gasteiger partial charge on any atom is -0.339 e. The molecule has 0 aromatic carbocycles. The first-order valence-corrected chi connectivity index (χ1v) is 7.85. The van der Waals surface area contributed by atoms with Crippen molar-refractivity contribution in [3.05, 3.63) is 0 Å². The molecule has 0 atom stereocenters. The topological polar surface area (TPSA) is 46.3 Å². The Balaban J connectivity index is 1.83. The van der Waals surface area contributed by atoms with Gasteiger partial charge in [0.25, 0.3) is 0 Å². The Morgan fingerprint density at radius 2 is 1.58 bits per heavy atom. The normalized spacial score (nSPS) is 40.5. The number of nitrogens with zero attached hydrogens (tertiary/aromatic N) is 1. The van der Waals surface area contributed by atoms with Crippen LogP contribution < -0.4 is 5.73 Å². The third kappa shape index (κ3) is 2.01. The molecular weight excluding hydrogens is 236 g/mol. The fourth-order valence-electron chi connectivity index (χ4n) is 5.14. The molecule has 0 heterocycles. The maximum Gasteiger partial charge on any atom is 0.229 e. The second kappa shape index (κ2) is 4.21. The molecule has 4 bridgehead atoms. The van der Waals surface area contributed by atoms with Crippen LogP contribution in [0, 0.1) is 23.2 Å². The summed E-state index contributed by atoms with van der Waals surface area (Å²) in [5.74, 6) is 2.85. The molecule has 0 aromatic rings. The lowest BCUT2D eigenvalue weighted by Gasteiger charge is -2.57. The lowest BCUT2D eigenvalue weighted by molar-refractivity contribution is -0.161. The molecule has 0 spiro atoms. The van der Waals surface area contributed by atoms with Crippen molar-refractivity contribution in [2.75, 3.05) is 13.6 Å². The highest BCUT2D eigenvalue weighted by molar-refractivity contribution is 5.83. The van der Waals surface area contributed by atoms with Gasteiger partial charge in [0.1, 0.15) is 0 Å². The fraction of sp³-hybridized carbons (Fsp3) is 0.938. The van der Waals surface area contributed by atoms with E-state index in [4.69, 9.17) is 5.73 Å². The van der Waals surface area contributed by atoms with E-state index in [1.54, 1.807) is 0 Å². The Labute approximate surface area is 116 Å².